The van der Waals surface area contributed by atoms with E-state index >= 15 is 0 Å². The summed E-state index contributed by atoms with van der Waals surface area (Å²) in [5, 5.41) is 3.34. The van der Waals surface area contributed by atoms with Crippen molar-refractivity contribution < 1.29 is 22.8 Å². The Hall–Kier alpha value is -4.18. The quantitative estimate of drug-likeness (QED) is 0.437. The van der Waals surface area contributed by atoms with Gasteiger partial charge in [0.15, 0.2) is 0 Å². The van der Waals surface area contributed by atoms with Crippen molar-refractivity contribution in [1.82, 2.24) is 15.8 Å². The third-order valence-corrected chi connectivity index (χ3v) is 7.30. The summed E-state index contributed by atoms with van der Waals surface area (Å²) in [6.45, 7) is 3.55. The van der Waals surface area contributed by atoms with Crippen LogP contribution in [0.5, 0.6) is 0 Å². The summed E-state index contributed by atoms with van der Waals surface area (Å²) in [4.78, 5) is 38.5. The van der Waals surface area contributed by atoms with Gasteiger partial charge in [-0.3, -0.25) is 19.7 Å². The fourth-order valence-electron chi connectivity index (χ4n) is 3.88. The van der Waals surface area contributed by atoms with Crippen LogP contribution in [0.15, 0.2) is 83.8 Å². The molecule has 1 aliphatic heterocycles. The molecule has 4 rings (SSSR count). The first-order valence-electron chi connectivity index (χ1n) is 10.9. The van der Waals surface area contributed by atoms with E-state index < -0.39 is 33.4 Å². The van der Waals surface area contributed by atoms with Crippen LogP contribution in [0.1, 0.15) is 34.8 Å². The molecule has 0 radical (unpaired) electrons. The molecule has 1 unspecified atom stereocenters. The van der Waals surface area contributed by atoms with Crippen molar-refractivity contribution in [3.8, 4) is 0 Å². The number of benzene rings is 3. The lowest BCUT2D eigenvalue weighted by Gasteiger charge is -2.25. The summed E-state index contributed by atoms with van der Waals surface area (Å²) in [6.07, 6.45) is 0.286. The maximum absolute atomic E-state index is 13.2. The highest BCUT2D eigenvalue weighted by Crippen LogP contribution is 2.31. The van der Waals surface area contributed by atoms with E-state index in [1.165, 1.54) is 24.3 Å². The van der Waals surface area contributed by atoms with Gasteiger partial charge in [-0.2, -0.15) is 5.01 Å². The van der Waals surface area contributed by atoms with Gasteiger partial charge in [0.25, 0.3) is 21.8 Å². The van der Waals surface area contributed by atoms with Gasteiger partial charge in [-0.25, -0.2) is 13.2 Å². The Balaban J connectivity index is 1.50. The molecule has 0 aromatic heterocycles. The molecule has 1 fully saturated rings. The molecule has 10 heteroatoms. The van der Waals surface area contributed by atoms with E-state index in [0.29, 0.717) is 16.3 Å². The van der Waals surface area contributed by atoms with E-state index in [1.54, 1.807) is 68.4 Å². The van der Waals surface area contributed by atoms with Crippen LogP contribution in [0.4, 0.5) is 10.5 Å². The van der Waals surface area contributed by atoms with Crippen LogP contribution in [0.3, 0.4) is 0 Å². The number of sulfonamides is 1. The van der Waals surface area contributed by atoms with Gasteiger partial charge in [-0.1, -0.05) is 55.5 Å². The number of hydrogen-bond donors (Lipinski definition) is 3. The third-order valence-electron chi connectivity index (χ3n) is 5.92. The second-order valence-electron chi connectivity index (χ2n) is 8.08. The fraction of sp³-hybridized carbons (Fsp3) is 0.160. The topological polar surface area (TPSA) is 125 Å². The second-order valence-corrected chi connectivity index (χ2v) is 9.76. The van der Waals surface area contributed by atoms with Crippen LogP contribution in [0.2, 0.25) is 0 Å². The molecule has 3 N–H and O–H groups in total. The Bertz CT molecular complexity index is 1390. The number of amides is 4. The predicted molar refractivity (Wildman–Crippen MR) is 130 cm³/mol. The number of nitrogens with one attached hydrogen (secondary N) is 3. The molecule has 180 valence electrons. The maximum atomic E-state index is 13.2. The van der Waals surface area contributed by atoms with Crippen molar-refractivity contribution in [2.45, 2.75) is 30.7 Å². The van der Waals surface area contributed by atoms with Gasteiger partial charge < -0.3 is 5.32 Å². The van der Waals surface area contributed by atoms with Crippen LogP contribution in [0.25, 0.3) is 0 Å². The van der Waals surface area contributed by atoms with Crippen molar-refractivity contribution in [2.24, 2.45) is 0 Å². The molecular formula is C25H24N4O5S. The van der Waals surface area contributed by atoms with Crippen molar-refractivity contribution in [2.75, 3.05) is 4.72 Å². The number of imide groups is 1. The minimum absolute atomic E-state index is 0.0404. The Morgan fingerprint density at radius 1 is 0.943 bits per heavy atom. The van der Waals surface area contributed by atoms with Crippen LogP contribution in [-0.4, -0.2) is 31.3 Å². The number of hydrogen-bond acceptors (Lipinski definition) is 5. The molecule has 3 aromatic carbocycles. The van der Waals surface area contributed by atoms with Crippen LogP contribution in [-0.2, 0) is 20.4 Å². The SMILES string of the molecule is CCC1(c2ccccc2)NC(=O)N(NC(=O)c2ccc(S(=O)(=O)Nc3ccccc3C)cc2)C1=O. The van der Waals surface area contributed by atoms with Gasteiger partial charge in [0.1, 0.15) is 5.54 Å². The third kappa shape index (κ3) is 4.47. The average molecular weight is 493 g/mol. The van der Waals surface area contributed by atoms with Crippen molar-refractivity contribution >= 4 is 33.6 Å². The number of carbonyl (C=O) groups is 3. The molecule has 9 nitrogen and oxygen atoms in total. The highest BCUT2D eigenvalue weighted by atomic mass is 32.2. The first-order valence-corrected chi connectivity index (χ1v) is 12.4. The van der Waals surface area contributed by atoms with Crippen LogP contribution < -0.4 is 15.5 Å². The monoisotopic (exact) mass is 492 g/mol. The van der Waals surface area contributed by atoms with Gasteiger partial charge in [-0.05, 0) is 54.8 Å². The molecule has 4 amide bonds. The zero-order chi connectivity index (χ0) is 25.2. The van der Waals surface area contributed by atoms with Crippen molar-refractivity contribution in [1.29, 1.82) is 0 Å². The molecule has 1 saturated heterocycles. The van der Waals surface area contributed by atoms with Crippen LogP contribution >= 0.6 is 0 Å². The molecule has 35 heavy (non-hydrogen) atoms. The van der Waals surface area contributed by atoms with Crippen LogP contribution in [0, 0.1) is 6.92 Å². The molecule has 0 aliphatic carbocycles. The second kappa shape index (κ2) is 9.22. The van der Waals surface area contributed by atoms with Gasteiger partial charge in [0.05, 0.1) is 10.6 Å². The maximum Gasteiger partial charge on any atom is 0.344 e. The fourth-order valence-corrected chi connectivity index (χ4v) is 5.01. The molecule has 0 spiro atoms. The smallest absolute Gasteiger partial charge is 0.318 e. The minimum Gasteiger partial charge on any atom is -0.318 e. The largest absolute Gasteiger partial charge is 0.344 e. The number of hydrazine groups is 1. The average Bonchev–Trinajstić information content (AvgIpc) is 3.11. The molecule has 0 bridgehead atoms. The van der Waals surface area contributed by atoms with E-state index in [2.05, 4.69) is 15.5 Å². The molecule has 0 saturated carbocycles. The Morgan fingerprint density at radius 2 is 1.57 bits per heavy atom. The number of carbonyl (C=O) groups excluding carboxylic acids is 3. The normalized spacial score (nSPS) is 17.7. The standard InChI is InChI=1S/C25H24N4O5S/c1-3-25(19-10-5-4-6-11-19)23(31)29(24(32)26-25)27-22(30)18-13-15-20(16-14-18)35(33,34)28-21-12-8-7-9-17(21)2/h4-16,28H,3H2,1-2H3,(H,26,32)(H,27,30). The van der Waals surface area contributed by atoms with E-state index in [1.807, 2.05) is 0 Å². The molecule has 1 atom stereocenters. The Kier molecular flexibility index (Phi) is 6.31. The van der Waals surface area contributed by atoms with Gasteiger partial charge in [-0.15, -0.1) is 0 Å². The van der Waals surface area contributed by atoms with Gasteiger partial charge in [0.2, 0.25) is 0 Å². The van der Waals surface area contributed by atoms with Gasteiger partial charge in [0, 0.05) is 5.56 Å². The summed E-state index contributed by atoms with van der Waals surface area (Å²) in [7, 11) is -3.88. The first kappa shape index (κ1) is 24.0. The van der Waals surface area contributed by atoms with E-state index in [-0.39, 0.29) is 16.9 Å². The summed E-state index contributed by atoms with van der Waals surface area (Å²) < 4.78 is 28.0. The lowest BCUT2D eigenvalue weighted by atomic mass is 9.87. The summed E-state index contributed by atoms with van der Waals surface area (Å²) >= 11 is 0. The summed E-state index contributed by atoms with van der Waals surface area (Å²) in [5.41, 5.74) is 2.94. The summed E-state index contributed by atoms with van der Waals surface area (Å²) in [6, 6.07) is 20.2. The number of nitrogens with zero attached hydrogens (tertiary/aromatic N) is 1. The number of rotatable bonds is 7. The molecule has 1 heterocycles. The highest BCUT2D eigenvalue weighted by molar-refractivity contribution is 7.92. The lowest BCUT2D eigenvalue weighted by Crippen LogP contribution is -2.48. The number of urea groups is 1. The van der Waals surface area contributed by atoms with Crippen molar-refractivity contribution in [3.63, 3.8) is 0 Å². The summed E-state index contributed by atoms with van der Waals surface area (Å²) in [5.74, 6) is -1.34. The zero-order valence-corrected chi connectivity index (χ0v) is 19.9. The lowest BCUT2D eigenvalue weighted by molar-refractivity contribution is -0.133. The van der Waals surface area contributed by atoms with E-state index in [4.69, 9.17) is 0 Å². The number of anilines is 1. The highest BCUT2D eigenvalue weighted by Gasteiger charge is 2.52. The zero-order valence-electron chi connectivity index (χ0n) is 19.1. The predicted octanol–water partition coefficient (Wildman–Crippen LogP) is 3.30. The Morgan fingerprint density at radius 3 is 2.20 bits per heavy atom. The van der Waals surface area contributed by atoms with Crippen molar-refractivity contribution in [3.05, 3.63) is 95.6 Å². The van der Waals surface area contributed by atoms with E-state index in [9.17, 15) is 22.8 Å². The Labute approximate surface area is 203 Å². The molecule has 3 aromatic rings. The van der Waals surface area contributed by atoms with E-state index in [0.717, 1.165) is 5.56 Å². The molecular weight excluding hydrogens is 468 g/mol. The number of para-hydroxylation sites is 1. The first-order chi connectivity index (χ1) is 16.7. The number of aryl methyl sites for hydroxylation is 1. The van der Waals surface area contributed by atoms with Gasteiger partial charge >= 0.3 is 6.03 Å². The minimum atomic E-state index is -3.88. The molecule has 1 aliphatic rings.